The number of alkyl halides is 1. The number of nitrogens with zero attached hydrogens (tertiary/aromatic N) is 6. The number of nitrogens with one attached hydrogen (secondary N) is 2. The molecule has 5 rings (SSSR count). The summed E-state index contributed by atoms with van der Waals surface area (Å²) in [4.78, 5) is 39.3. The average molecular weight is 475 g/mol. The Balaban J connectivity index is 1.38. The second-order valence-electron chi connectivity index (χ2n) is 8.14. The molecule has 4 aromatic heterocycles. The first-order valence-corrected chi connectivity index (χ1v) is 11.1. The van der Waals surface area contributed by atoms with Crippen molar-refractivity contribution in [3.8, 4) is 11.3 Å². The number of carbonyl (C=O) groups excluding carboxylic acids is 2. The number of amides is 2. The van der Waals surface area contributed by atoms with Crippen LogP contribution in [0.5, 0.6) is 0 Å². The largest absolute Gasteiger partial charge is 0.354 e. The fourth-order valence-corrected chi connectivity index (χ4v) is 4.05. The highest BCUT2D eigenvalue weighted by Crippen LogP contribution is 2.28. The molecule has 0 bridgehead atoms. The first kappa shape index (κ1) is 22.5. The van der Waals surface area contributed by atoms with Crippen LogP contribution in [0, 0.1) is 0 Å². The van der Waals surface area contributed by atoms with Crippen molar-refractivity contribution in [1.82, 2.24) is 34.9 Å². The topological polar surface area (TPSA) is 118 Å². The quantitative estimate of drug-likeness (QED) is 0.440. The summed E-state index contributed by atoms with van der Waals surface area (Å²) in [6.45, 7) is 2.11. The van der Waals surface area contributed by atoms with Crippen LogP contribution < -0.4 is 10.6 Å². The second-order valence-corrected chi connectivity index (χ2v) is 8.14. The van der Waals surface area contributed by atoms with E-state index in [1.54, 1.807) is 24.7 Å². The molecule has 0 saturated carbocycles. The molecule has 5 heterocycles. The molecule has 0 radical (unpaired) electrons. The molecule has 0 fully saturated rings. The normalized spacial score (nSPS) is 13.4. The van der Waals surface area contributed by atoms with Gasteiger partial charge in [0.25, 0.3) is 11.8 Å². The third kappa shape index (κ3) is 4.58. The van der Waals surface area contributed by atoms with Crippen molar-refractivity contribution >= 4 is 28.4 Å². The predicted octanol–water partition coefficient (Wildman–Crippen LogP) is 2.29. The van der Waals surface area contributed by atoms with Crippen molar-refractivity contribution in [1.29, 1.82) is 0 Å². The molecule has 0 aliphatic carbocycles. The lowest BCUT2D eigenvalue weighted by Crippen LogP contribution is -2.35. The maximum Gasteiger partial charge on any atom is 0.269 e. The van der Waals surface area contributed by atoms with Crippen LogP contribution in [0.15, 0.2) is 49.1 Å². The number of halogens is 1. The van der Waals surface area contributed by atoms with Crippen molar-refractivity contribution < 1.29 is 14.0 Å². The minimum atomic E-state index is -0.388. The van der Waals surface area contributed by atoms with Crippen molar-refractivity contribution in [2.45, 2.75) is 13.1 Å². The summed E-state index contributed by atoms with van der Waals surface area (Å²) < 4.78 is 14.8. The maximum absolute atomic E-state index is 12.8. The Morgan fingerprint density at radius 2 is 1.86 bits per heavy atom. The predicted molar refractivity (Wildman–Crippen MR) is 128 cm³/mol. The van der Waals surface area contributed by atoms with E-state index in [4.69, 9.17) is 0 Å². The third-order valence-corrected chi connectivity index (χ3v) is 5.96. The van der Waals surface area contributed by atoms with Crippen LogP contribution in [-0.4, -0.2) is 68.3 Å². The highest BCUT2D eigenvalue weighted by atomic mass is 19.1. The molecule has 35 heavy (non-hydrogen) atoms. The SMILES string of the molecule is CNC(=O)c1ccc(C(=O)Nc2cc3cc(-c4cnn5c4CN(CCF)CC5)ncc3cn2)cn1. The average Bonchev–Trinajstić information content (AvgIpc) is 3.31. The van der Waals surface area contributed by atoms with Gasteiger partial charge in [-0.1, -0.05) is 0 Å². The summed E-state index contributed by atoms with van der Waals surface area (Å²) >= 11 is 0. The summed E-state index contributed by atoms with van der Waals surface area (Å²) in [5.41, 5.74) is 3.19. The molecule has 178 valence electrons. The zero-order valence-corrected chi connectivity index (χ0v) is 19.0. The van der Waals surface area contributed by atoms with Crippen LogP contribution in [0.4, 0.5) is 10.2 Å². The molecular formula is C24H23FN8O2. The van der Waals surface area contributed by atoms with Gasteiger partial charge in [-0.05, 0) is 29.7 Å². The van der Waals surface area contributed by atoms with E-state index < -0.39 is 0 Å². The molecular weight excluding hydrogens is 451 g/mol. The summed E-state index contributed by atoms with van der Waals surface area (Å²) in [7, 11) is 1.51. The Morgan fingerprint density at radius 1 is 1.00 bits per heavy atom. The number of hydrogen-bond donors (Lipinski definition) is 2. The second kappa shape index (κ2) is 9.55. The Kier molecular flexibility index (Phi) is 6.15. The van der Waals surface area contributed by atoms with Gasteiger partial charge in [-0.15, -0.1) is 0 Å². The van der Waals surface area contributed by atoms with E-state index in [2.05, 4.69) is 35.6 Å². The summed E-state index contributed by atoms with van der Waals surface area (Å²) in [6, 6.07) is 6.72. The standard InChI is InChI=1S/C24H23FN8O2/c1-26-24(35)19-3-2-15(10-27-19)23(34)31-22-9-16-8-20(28-11-17(16)12-29-22)18-13-30-33-7-6-32(5-4-25)14-21(18)33/h2-3,8-13H,4-7,14H2,1H3,(H,26,35)(H,29,31,34). The van der Waals surface area contributed by atoms with Gasteiger partial charge in [0.15, 0.2) is 0 Å². The van der Waals surface area contributed by atoms with Crippen LogP contribution in [0.3, 0.4) is 0 Å². The lowest BCUT2D eigenvalue weighted by Gasteiger charge is -2.27. The van der Waals surface area contributed by atoms with Crippen LogP contribution in [0.25, 0.3) is 22.0 Å². The molecule has 0 unspecified atom stereocenters. The van der Waals surface area contributed by atoms with Gasteiger partial charge in [-0.2, -0.15) is 5.10 Å². The Hall–Kier alpha value is -4.25. The number of pyridine rings is 3. The van der Waals surface area contributed by atoms with Gasteiger partial charge in [-0.3, -0.25) is 29.1 Å². The third-order valence-electron chi connectivity index (χ3n) is 5.96. The number of fused-ring (bicyclic) bond motifs is 2. The molecule has 2 amide bonds. The first-order chi connectivity index (χ1) is 17.1. The van der Waals surface area contributed by atoms with Gasteiger partial charge in [0.2, 0.25) is 0 Å². The molecule has 1 aliphatic heterocycles. The number of carbonyl (C=O) groups is 2. The van der Waals surface area contributed by atoms with Gasteiger partial charge in [0.1, 0.15) is 18.2 Å². The summed E-state index contributed by atoms with van der Waals surface area (Å²) in [5.74, 6) is -0.339. The number of rotatable bonds is 6. The van der Waals surface area contributed by atoms with E-state index in [0.29, 0.717) is 31.0 Å². The van der Waals surface area contributed by atoms with Crippen molar-refractivity contribution in [3.63, 3.8) is 0 Å². The highest BCUT2D eigenvalue weighted by Gasteiger charge is 2.21. The van der Waals surface area contributed by atoms with Gasteiger partial charge >= 0.3 is 0 Å². The van der Waals surface area contributed by atoms with E-state index >= 15 is 0 Å². The van der Waals surface area contributed by atoms with E-state index in [9.17, 15) is 14.0 Å². The van der Waals surface area contributed by atoms with Gasteiger partial charge < -0.3 is 10.6 Å². The van der Waals surface area contributed by atoms with Crippen molar-refractivity contribution in [3.05, 3.63) is 66.0 Å². The zero-order chi connectivity index (χ0) is 24.4. The molecule has 4 aromatic rings. The lowest BCUT2D eigenvalue weighted by molar-refractivity contribution is 0.0955. The number of aromatic nitrogens is 5. The molecule has 0 saturated heterocycles. The molecule has 11 heteroatoms. The zero-order valence-electron chi connectivity index (χ0n) is 19.0. The van der Waals surface area contributed by atoms with Crippen LogP contribution >= 0.6 is 0 Å². The smallest absolute Gasteiger partial charge is 0.269 e. The minimum Gasteiger partial charge on any atom is -0.354 e. The van der Waals surface area contributed by atoms with Crippen molar-refractivity contribution in [2.75, 3.05) is 32.1 Å². The van der Waals surface area contributed by atoms with Crippen LogP contribution in [0.2, 0.25) is 0 Å². The minimum absolute atomic E-state index is 0.225. The fourth-order valence-electron chi connectivity index (χ4n) is 4.05. The molecule has 0 aromatic carbocycles. The van der Waals surface area contributed by atoms with Gasteiger partial charge in [0.05, 0.1) is 29.7 Å². The molecule has 1 aliphatic rings. The van der Waals surface area contributed by atoms with E-state index in [1.807, 2.05) is 10.7 Å². The van der Waals surface area contributed by atoms with Crippen molar-refractivity contribution in [2.24, 2.45) is 0 Å². The Labute approximate surface area is 200 Å². The fraction of sp³-hybridized carbons (Fsp3) is 0.250. The number of anilines is 1. The molecule has 10 nitrogen and oxygen atoms in total. The maximum atomic E-state index is 12.8. The highest BCUT2D eigenvalue weighted by molar-refractivity contribution is 6.04. The Morgan fingerprint density at radius 3 is 2.63 bits per heavy atom. The van der Waals surface area contributed by atoms with E-state index in [0.717, 1.165) is 34.3 Å². The van der Waals surface area contributed by atoms with E-state index in [-0.39, 0.29) is 24.2 Å². The van der Waals surface area contributed by atoms with E-state index in [1.165, 1.54) is 25.4 Å². The van der Waals surface area contributed by atoms with Gasteiger partial charge in [0, 0.05) is 56.2 Å². The van der Waals surface area contributed by atoms with Crippen LogP contribution in [-0.2, 0) is 13.1 Å². The van der Waals surface area contributed by atoms with Crippen LogP contribution in [0.1, 0.15) is 26.5 Å². The van der Waals surface area contributed by atoms with Gasteiger partial charge in [-0.25, -0.2) is 9.37 Å². The lowest BCUT2D eigenvalue weighted by atomic mass is 10.1. The Bertz CT molecular complexity index is 1400. The number of hydrogen-bond acceptors (Lipinski definition) is 7. The molecule has 2 N–H and O–H groups in total. The summed E-state index contributed by atoms with van der Waals surface area (Å²) in [5, 5.41) is 11.4. The first-order valence-electron chi connectivity index (χ1n) is 11.1. The molecule has 0 atom stereocenters. The molecule has 0 spiro atoms. The summed E-state index contributed by atoms with van der Waals surface area (Å²) in [6.07, 6.45) is 6.52. The monoisotopic (exact) mass is 474 g/mol.